The summed E-state index contributed by atoms with van der Waals surface area (Å²) in [5, 5.41) is 25.0. The van der Waals surface area contributed by atoms with Gasteiger partial charge in [-0.25, -0.2) is 5.43 Å². The van der Waals surface area contributed by atoms with Crippen LogP contribution in [0.1, 0.15) is 18.1 Å². The van der Waals surface area contributed by atoms with Gasteiger partial charge in [0.05, 0.1) is 44.5 Å². The molecule has 0 atom stereocenters. The first-order chi connectivity index (χ1) is 13.9. The van der Waals surface area contributed by atoms with Crippen LogP contribution in [-0.2, 0) is 11.2 Å². The average Bonchev–Trinajstić information content (AvgIpc) is 2.70. The standard InChI is InChI=1S/C19H21N3O7/c1-4-29-17-10-14(22(25)26)9-13(19(17)24)11-20-21-18(23)8-12-5-6-15(27-2)16(7-12)28-3/h5-7,9-11,24H,4,8H2,1-3H3,(H,21,23). The first-order valence-corrected chi connectivity index (χ1v) is 8.56. The number of ether oxygens (including phenoxy) is 3. The molecule has 2 rings (SSSR count). The lowest BCUT2D eigenvalue weighted by molar-refractivity contribution is -0.385. The Kier molecular flexibility index (Phi) is 7.35. The Morgan fingerprint density at radius 2 is 1.93 bits per heavy atom. The van der Waals surface area contributed by atoms with Gasteiger partial charge in [0.15, 0.2) is 23.0 Å². The van der Waals surface area contributed by atoms with Crippen molar-refractivity contribution < 1.29 is 29.0 Å². The monoisotopic (exact) mass is 403 g/mol. The minimum atomic E-state index is -0.616. The quantitative estimate of drug-likeness (QED) is 0.373. The van der Waals surface area contributed by atoms with Crippen molar-refractivity contribution in [2.45, 2.75) is 13.3 Å². The van der Waals surface area contributed by atoms with Crippen LogP contribution < -0.4 is 19.6 Å². The van der Waals surface area contributed by atoms with Crippen LogP contribution in [0.3, 0.4) is 0 Å². The van der Waals surface area contributed by atoms with E-state index in [-0.39, 0.29) is 35.8 Å². The summed E-state index contributed by atoms with van der Waals surface area (Å²) in [6, 6.07) is 7.31. The van der Waals surface area contributed by atoms with E-state index in [0.717, 1.165) is 18.3 Å². The van der Waals surface area contributed by atoms with Crippen molar-refractivity contribution >= 4 is 17.8 Å². The topological polar surface area (TPSA) is 133 Å². The molecule has 0 aliphatic carbocycles. The zero-order chi connectivity index (χ0) is 21.4. The predicted octanol–water partition coefficient (Wildman–Crippen LogP) is 2.41. The van der Waals surface area contributed by atoms with E-state index < -0.39 is 10.8 Å². The molecule has 0 unspecified atom stereocenters. The number of carbonyl (C=O) groups excluding carboxylic acids is 1. The summed E-state index contributed by atoms with van der Waals surface area (Å²) in [5.74, 6) is 0.255. The molecule has 0 fully saturated rings. The number of carbonyl (C=O) groups is 1. The van der Waals surface area contributed by atoms with Crippen molar-refractivity contribution in [2.75, 3.05) is 20.8 Å². The maximum absolute atomic E-state index is 12.1. The molecule has 29 heavy (non-hydrogen) atoms. The fraction of sp³-hybridized carbons (Fsp3) is 0.263. The zero-order valence-electron chi connectivity index (χ0n) is 16.2. The van der Waals surface area contributed by atoms with E-state index in [9.17, 15) is 20.0 Å². The van der Waals surface area contributed by atoms with Crippen LogP contribution >= 0.6 is 0 Å². The van der Waals surface area contributed by atoms with E-state index in [4.69, 9.17) is 14.2 Å². The van der Waals surface area contributed by atoms with Gasteiger partial charge < -0.3 is 19.3 Å². The van der Waals surface area contributed by atoms with Gasteiger partial charge in [0.1, 0.15) is 0 Å². The van der Waals surface area contributed by atoms with Crippen LogP contribution in [0.15, 0.2) is 35.4 Å². The van der Waals surface area contributed by atoms with Crippen LogP contribution in [0.25, 0.3) is 0 Å². The third-order valence-corrected chi connectivity index (χ3v) is 3.81. The molecule has 10 heteroatoms. The van der Waals surface area contributed by atoms with E-state index in [1.54, 1.807) is 25.1 Å². The molecule has 2 N–H and O–H groups in total. The number of rotatable bonds is 9. The normalized spacial score (nSPS) is 10.6. The SMILES string of the molecule is CCOc1cc([N+](=O)[O-])cc(C=NNC(=O)Cc2ccc(OC)c(OC)c2)c1O. The zero-order valence-corrected chi connectivity index (χ0v) is 16.2. The lowest BCUT2D eigenvalue weighted by Gasteiger charge is -2.09. The van der Waals surface area contributed by atoms with Gasteiger partial charge in [-0.1, -0.05) is 6.07 Å². The Labute approximate surface area is 166 Å². The number of nitro benzene ring substituents is 1. The number of nitrogens with one attached hydrogen (secondary N) is 1. The van der Waals surface area contributed by atoms with E-state index in [2.05, 4.69) is 10.5 Å². The van der Waals surface area contributed by atoms with Gasteiger partial charge in [-0.2, -0.15) is 5.10 Å². The van der Waals surface area contributed by atoms with Gasteiger partial charge in [0, 0.05) is 11.6 Å². The summed E-state index contributed by atoms with van der Waals surface area (Å²) in [6.07, 6.45) is 1.13. The second-order valence-electron chi connectivity index (χ2n) is 5.73. The van der Waals surface area contributed by atoms with Crippen molar-refractivity contribution in [2.24, 2.45) is 5.10 Å². The van der Waals surface area contributed by atoms with Gasteiger partial charge in [0.2, 0.25) is 5.91 Å². The van der Waals surface area contributed by atoms with Crippen molar-refractivity contribution in [1.29, 1.82) is 0 Å². The van der Waals surface area contributed by atoms with Crippen LogP contribution in [0.4, 0.5) is 5.69 Å². The third kappa shape index (κ3) is 5.58. The summed E-state index contributed by atoms with van der Waals surface area (Å²) < 4.78 is 15.5. The van der Waals surface area contributed by atoms with E-state index >= 15 is 0 Å². The molecule has 0 bridgehead atoms. The number of methoxy groups -OCH3 is 2. The highest BCUT2D eigenvalue weighted by Gasteiger charge is 2.16. The maximum atomic E-state index is 12.1. The number of amides is 1. The fourth-order valence-electron chi connectivity index (χ4n) is 2.47. The lowest BCUT2D eigenvalue weighted by atomic mass is 10.1. The highest BCUT2D eigenvalue weighted by atomic mass is 16.6. The molecule has 0 saturated heterocycles. The van der Waals surface area contributed by atoms with Gasteiger partial charge >= 0.3 is 0 Å². The Bertz CT molecular complexity index is 928. The molecule has 0 saturated carbocycles. The van der Waals surface area contributed by atoms with Crippen LogP contribution in [0, 0.1) is 10.1 Å². The molecule has 2 aromatic carbocycles. The van der Waals surface area contributed by atoms with Crippen LogP contribution in [0.2, 0.25) is 0 Å². The first-order valence-electron chi connectivity index (χ1n) is 8.56. The average molecular weight is 403 g/mol. The minimum Gasteiger partial charge on any atom is -0.504 e. The van der Waals surface area contributed by atoms with Crippen molar-refractivity contribution in [3.63, 3.8) is 0 Å². The first kappa shape index (κ1) is 21.5. The van der Waals surface area contributed by atoms with Gasteiger partial charge in [-0.15, -0.1) is 0 Å². The number of benzene rings is 2. The van der Waals surface area contributed by atoms with Gasteiger partial charge in [-0.3, -0.25) is 14.9 Å². The number of phenols is 1. The van der Waals surface area contributed by atoms with Crippen molar-refractivity contribution in [3.05, 3.63) is 51.6 Å². The molecule has 0 radical (unpaired) electrons. The fourth-order valence-corrected chi connectivity index (χ4v) is 2.47. The summed E-state index contributed by atoms with van der Waals surface area (Å²) in [7, 11) is 3.01. The highest BCUT2D eigenvalue weighted by Crippen LogP contribution is 2.33. The number of hydrogen-bond donors (Lipinski definition) is 2. The molecule has 154 valence electrons. The number of phenolic OH excluding ortho intramolecular Hbond substituents is 1. The number of hydrazone groups is 1. The van der Waals surface area contributed by atoms with Crippen LogP contribution in [0.5, 0.6) is 23.0 Å². The summed E-state index contributed by atoms with van der Waals surface area (Å²) >= 11 is 0. The second-order valence-corrected chi connectivity index (χ2v) is 5.73. The second kappa shape index (κ2) is 9.93. The molecule has 0 aliphatic rings. The predicted molar refractivity (Wildman–Crippen MR) is 105 cm³/mol. The molecule has 0 spiro atoms. The smallest absolute Gasteiger partial charge is 0.274 e. The van der Waals surface area contributed by atoms with Crippen molar-refractivity contribution in [1.82, 2.24) is 5.43 Å². The van der Waals surface area contributed by atoms with Crippen LogP contribution in [-0.4, -0.2) is 43.0 Å². The number of aromatic hydroxyl groups is 1. The number of hydrogen-bond acceptors (Lipinski definition) is 8. The summed E-state index contributed by atoms with van der Waals surface area (Å²) in [5.41, 5.74) is 2.75. The Balaban J connectivity index is 2.11. The van der Waals surface area contributed by atoms with E-state index in [0.29, 0.717) is 17.1 Å². The molecule has 2 aromatic rings. The van der Waals surface area contributed by atoms with Crippen molar-refractivity contribution in [3.8, 4) is 23.0 Å². The Hall–Kier alpha value is -3.82. The largest absolute Gasteiger partial charge is 0.504 e. The highest BCUT2D eigenvalue weighted by molar-refractivity contribution is 5.87. The maximum Gasteiger partial charge on any atom is 0.274 e. The van der Waals surface area contributed by atoms with Gasteiger partial charge in [0.25, 0.3) is 5.69 Å². The number of non-ortho nitro benzene ring substituents is 1. The number of nitrogens with zero attached hydrogens (tertiary/aromatic N) is 2. The van der Waals surface area contributed by atoms with Gasteiger partial charge in [-0.05, 0) is 24.6 Å². The minimum absolute atomic E-state index is 0.0167. The molecule has 0 aliphatic heterocycles. The van der Waals surface area contributed by atoms with E-state index in [1.807, 2.05) is 0 Å². The molecular formula is C19H21N3O7. The molecular weight excluding hydrogens is 382 g/mol. The Morgan fingerprint density at radius 3 is 2.55 bits per heavy atom. The summed E-state index contributed by atoms with van der Waals surface area (Å²) in [6.45, 7) is 1.90. The molecule has 10 nitrogen and oxygen atoms in total. The third-order valence-electron chi connectivity index (χ3n) is 3.81. The Morgan fingerprint density at radius 1 is 1.21 bits per heavy atom. The van der Waals surface area contributed by atoms with E-state index in [1.165, 1.54) is 14.2 Å². The number of nitro groups is 1. The molecule has 0 heterocycles. The summed E-state index contributed by atoms with van der Waals surface area (Å²) in [4.78, 5) is 22.5. The molecule has 1 amide bonds. The molecule has 0 aromatic heterocycles. The lowest BCUT2D eigenvalue weighted by Crippen LogP contribution is -2.19.